The van der Waals surface area contributed by atoms with E-state index in [1.807, 2.05) is 41.4 Å². The summed E-state index contributed by atoms with van der Waals surface area (Å²) in [5.74, 6) is -0.245. The lowest BCUT2D eigenvalue weighted by Gasteiger charge is -2.34. The SMILES string of the molecule is O=C(NC1CCN(c2ccccc2F)CC1)c1ccc2cc[nH]c2c1. The summed E-state index contributed by atoms with van der Waals surface area (Å²) in [7, 11) is 0. The van der Waals surface area contributed by atoms with Crippen LogP contribution >= 0.6 is 0 Å². The van der Waals surface area contributed by atoms with E-state index < -0.39 is 0 Å². The number of hydrogen-bond donors (Lipinski definition) is 2. The van der Waals surface area contributed by atoms with Crippen LogP contribution in [-0.4, -0.2) is 30.0 Å². The van der Waals surface area contributed by atoms with Crippen molar-refractivity contribution in [2.24, 2.45) is 0 Å². The lowest BCUT2D eigenvalue weighted by atomic mass is 10.0. The van der Waals surface area contributed by atoms with Crippen LogP contribution in [0.2, 0.25) is 0 Å². The molecular weight excluding hydrogens is 317 g/mol. The van der Waals surface area contributed by atoms with Gasteiger partial charge in [0, 0.05) is 36.4 Å². The monoisotopic (exact) mass is 337 g/mol. The Bertz CT molecular complexity index is 897. The Morgan fingerprint density at radius 1 is 1.12 bits per heavy atom. The Morgan fingerprint density at radius 2 is 1.92 bits per heavy atom. The zero-order valence-electron chi connectivity index (χ0n) is 13.8. The highest BCUT2D eigenvalue weighted by atomic mass is 19.1. The number of nitrogens with zero attached hydrogens (tertiary/aromatic N) is 1. The molecule has 1 aliphatic rings. The van der Waals surface area contributed by atoms with Crippen LogP contribution in [-0.2, 0) is 0 Å². The summed E-state index contributed by atoms with van der Waals surface area (Å²) < 4.78 is 13.9. The first-order valence-electron chi connectivity index (χ1n) is 8.58. The van der Waals surface area contributed by atoms with Gasteiger partial charge in [-0.25, -0.2) is 4.39 Å². The highest BCUT2D eigenvalue weighted by Gasteiger charge is 2.22. The highest BCUT2D eigenvalue weighted by molar-refractivity contribution is 5.98. The third kappa shape index (κ3) is 3.22. The van der Waals surface area contributed by atoms with E-state index in [-0.39, 0.29) is 17.8 Å². The molecule has 1 amide bonds. The normalized spacial score (nSPS) is 15.5. The van der Waals surface area contributed by atoms with Crippen molar-refractivity contribution in [2.45, 2.75) is 18.9 Å². The van der Waals surface area contributed by atoms with Gasteiger partial charge in [0.25, 0.3) is 5.91 Å². The number of halogens is 1. The average molecular weight is 337 g/mol. The smallest absolute Gasteiger partial charge is 0.251 e. The van der Waals surface area contributed by atoms with Crippen LogP contribution in [0.25, 0.3) is 10.9 Å². The zero-order chi connectivity index (χ0) is 17.2. The van der Waals surface area contributed by atoms with Gasteiger partial charge in [0.15, 0.2) is 0 Å². The first-order chi connectivity index (χ1) is 12.2. The minimum atomic E-state index is -0.191. The van der Waals surface area contributed by atoms with Gasteiger partial charge in [-0.15, -0.1) is 0 Å². The third-order valence-electron chi connectivity index (χ3n) is 4.84. The van der Waals surface area contributed by atoms with Crippen molar-refractivity contribution in [3.8, 4) is 0 Å². The van der Waals surface area contributed by atoms with Gasteiger partial charge in [0.05, 0.1) is 5.69 Å². The zero-order valence-corrected chi connectivity index (χ0v) is 13.8. The van der Waals surface area contributed by atoms with Crippen LogP contribution < -0.4 is 10.2 Å². The molecule has 0 aliphatic carbocycles. The topological polar surface area (TPSA) is 48.1 Å². The summed E-state index contributed by atoms with van der Waals surface area (Å²) in [4.78, 5) is 17.7. The van der Waals surface area contributed by atoms with E-state index in [1.54, 1.807) is 12.1 Å². The Hall–Kier alpha value is -2.82. The predicted octanol–water partition coefficient (Wildman–Crippen LogP) is 3.71. The van der Waals surface area contributed by atoms with E-state index >= 15 is 0 Å². The Balaban J connectivity index is 1.38. The number of rotatable bonds is 3. The summed E-state index contributed by atoms with van der Waals surface area (Å²) in [5, 5.41) is 4.20. The number of amides is 1. The maximum absolute atomic E-state index is 13.9. The quantitative estimate of drug-likeness (QED) is 0.765. The van der Waals surface area contributed by atoms with E-state index in [1.165, 1.54) is 6.07 Å². The van der Waals surface area contributed by atoms with Gasteiger partial charge in [0.2, 0.25) is 0 Å². The second-order valence-electron chi connectivity index (χ2n) is 6.47. The molecule has 5 heteroatoms. The predicted molar refractivity (Wildman–Crippen MR) is 97.4 cm³/mol. The van der Waals surface area contributed by atoms with Gasteiger partial charge in [0.1, 0.15) is 5.82 Å². The van der Waals surface area contributed by atoms with Crippen LogP contribution in [0.3, 0.4) is 0 Å². The molecule has 1 aromatic heterocycles. The second kappa shape index (κ2) is 6.59. The number of carbonyl (C=O) groups is 1. The van der Waals surface area contributed by atoms with Crippen LogP contribution in [0, 0.1) is 5.82 Å². The van der Waals surface area contributed by atoms with Gasteiger partial charge in [-0.05, 0) is 48.6 Å². The van der Waals surface area contributed by atoms with E-state index in [0.29, 0.717) is 11.3 Å². The fourth-order valence-corrected chi connectivity index (χ4v) is 3.43. The maximum atomic E-state index is 13.9. The van der Waals surface area contributed by atoms with Crippen molar-refractivity contribution in [3.63, 3.8) is 0 Å². The average Bonchev–Trinajstić information content (AvgIpc) is 3.10. The summed E-state index contributed by atoms with van der Waals surface area (Å²) >= 11 is 0. The number of anilines is 1. The molecule has 0 unspecified atom stereocenters. The van der Waals surface area contributed by atoms with Gasteiger partial charge in [-0.3, -0.25) is 4.79 Å². The molecule has 128 valence electrons. The molecule has 0 bridgehead atoms. The van der Waals surface area contributed by atoms with Crippen LogP contribution in [0.15, 0.2) is 54.7 Å². The molecule has 4 rings (SSSR count). The molecule has 1 saturated heterocycles. The maximum Gasteiger partial charge on any atom is 0.251 e. The molecule has 0 atom stereocenters. The van der Waals surface area contributed by atoms with Crippen molar-refractivity contribution < 1.29 is 9.18 Å². The van der Waals surface area contributed by atoms with Crippen LogP contribution in [0.5, 0.6) is 0 Å². The highest BCUT2D eigenvalue weighted by Crippen LogP contribution is 2.23. The number of piperidine rings is 1. The number of benzene rings is 2. The van der Waals surface area contributed by atoms with Crippen LogP contribution in [0.1, 0.15) is 23.2 Å². The van der Waals surface area contributed by atoms with Crippen LogP contribution in [0.4, 0.5) is 10.1 Å². The van der Waals surface area contributed by atoms with Crippen molar-refractivity contribution in [2.75, 3.05) is 18.0 Å². The minimum absolute atomic E-state index is 0.0548. The minimum Gasteiger partial charge on any atom is -0.369 e. The van der Waals surface area contributed by atoms with E-state index in [4.69, 9.17) is 0 Å². The number of nitrogens with one attached hydrogen (secondary N) is 2. The lowest BCUT2D eigenvalue weighted by Crippen LogP contribution is -2.45. The fraction of sp³-hybridized carbons (Fsp3) is 0.250. The van der Waals surface area contributed by atoms with Gasteiger partial charge in [-0.1, -0.05) is 18.2 Å². The second-order valence-corrected chi connectivity index (χ2v) is 6.47. The lowest BCUT2D eigenvalue weighted by molar-refractivity contribution is 0.0931. The van der Waals surface area contributed by atoms with Gasteiger partial charge < -0.3 is 15.2 Å². The number of hydrogen-bond acceptors (Lipinski definition) is 2. The third-order valence-corrected chi connectivity index (χ3v) is 4.84. The molecule has 0 spiro atoms. The summed E-state index contributed by atoms with van der Waals surface area (Å²) in [6.07, 6.45) is 3.49. The number of carbonyl (C=O) groups excluding carboxylic acids is 1. The Kier molecular flexibility index (Phi) is 4.14. The van der Waals surface area contributed by atoms with Gasteiger partial charge >= 0.3 is 0 Å². The van der Waals surface area contributed by atoms with Crippen molar-refractivity contribution in [1.82, 2.24) is 10.3 Å². The Labute approximate surface area is 145 Å². The van der Waals surface area contributed by atoms with E-state index in [0.717, 1.165) is 36.8 Å². The summed E-state index contributed by atoms with van der Waals surface area (Å²) in [5.41, 5.74) is 2.26. The van der Waals surface area contributed by atoms with E-state index in [9.17, 15) is 9.18 Å². The van der Waals surface area contributed by atoms with Gasteiger partial charge in [-0.2, -0.15) is 0 Å². The number of fused-ring (bicyclic) bond motifs is 1. The van der Waals surface area contributed by atoms with Crippen molar-refractivity contribution in [1.29, 1.82) is 0 Å². The molecule has 1 aliphatic heterocycles. The number of para-hydroxylation sites is 1. The molecule has 4 nitrogen and oxygen atoms in total. The Morgan fingerprint density at radius 3 is 2.72 bits per heavy atom. The molecule has 2 aromatic carbocycles. The molecule has 1 fully saturated rings. The largest absolute Gasteiger partial charge is 0.369 e. The molecule has 0 radical (unpaired) electrons. The van der Waals surface area contributed by atoms with Crippen molar-refractivity contribution >= 4 is 22.5 Å². The number of H-pyrrole nitrogens is 1. The molecule has 2 N–H and O–H groups in total. The molecule has 2 heterocycles. The number of aromatic nitrogens is 1. The first-order valence-corrected chi connectivity index (χ1v) is 8.58. The number of aromatic amines is 1. The first kappa shape index (κ1) is 15.7. The summed E-state index contributed by atoms with van der Waals surface area (Å²) in [6, 6.07) is 14.6. The standard InChI is InChI=1S/C20H20FN3O/c21-17-3-1-2-4-19(17)24-11-8-16(9-12-24)23-20(25)15-6-5-14-7-10-22-18(14)13-15/h1-7,10,13,16,22H,8-9,11-12H2,(H,23,25). The fourth-order valence-electron chi connectivity index (χ4n) is 3.43. The van der Waals surface area contributed by atoms with E-state index in [2.05, 4.69) is 10.3 Å². The molecule has 3 aromatic rings. The van der Waals surface area contributed by atoms with Crippen molar-refractivity contribution in [3.05, 3.63) is 66.1 Å². The molecular formula is C20H20FN3O. The molecule has 25 heavy (non-hydrogen) atoms. The molecule has 0 saturated carbocycles. The summed E-state index contributed by atoms with van der Waals surface area (Å²) in [6.45, 7) is 1.48.